The molecule has 0 fully saturated rings. The van der Waals surface area contributed by atoms with E-state index < -0.39 is 0 Å². The molecule has 0 unspecified atom stereocenters. The van der Waals surface area contributed by atoms with Crippen LogP contribution in [0.4, 0.5) is 4.39 Å². The first-order valence-corrected chi connectivity index (χ1v) is 6.98. The molecule has 0 spiro atoms. The van der Waals surface area contributed by atoms with Gasteiger partial charge in [-0.3, -0.25) is 9.18 Å². The number of nitrogens with zero attached hydrogens (tertiary/aromatic N) is 3. The van der Waals surface area contributed by atoms with E-state index in [4.69, 9.17) is 0 Å². The number of halogens is 1. The molecule has 112 valence electrons. The first-order chi connectivity index (χ1) is 10.1. The number of carbonyl (C=O) groups is 1. The highest BCUT2D eigenvalue weighted by Gasteiger charge is 2.08. The van der Waals surface area contributed by atoms with Crippen LogP contribution in [0.25, 0.3) is 5.69 Å². The average molecular weight is 289 g/mol. The summed E-state index contributed by atoms with van der Waals surface area (Å²) in [5.74, 6) is -0.0984. The molecule has 1 aromatic carbocycles. The molecule has 0 atom stereocenters. The van der Waals surface area contributed by atoms with Crippen molar-refractivity contribution in [3.63, 3.8) is 0 Å². The number of hydrogen-bond acceptors (Lipinski definition) is 3. The van der Waals surface area contributed by atoms with Crippen molar-refractivity contribution in [3.05, 3.63) is 41.7 Å². The predicted molar refractivity (Wildman–Crippen MR) is 78.3 cm³/mol. The van der Waals surface area contributed by atoms with Gasteiger partial charge in [0, 0.05) is 11.6 Å². The second kappa shape index (κ2) is 6.97. The lowest BCUT2D eigenvalue weighted by Gasteiger charge is -2.08. The highest BCUT2D eigenvalue weighted by atomic mass is 18.2. The van der Waals surface area contributed by atoms with Gasteiger partial charge in [-0.05, 0) is 51.0 Å². The van der Waals surface area contributed by atoms with E-state index in [9.17, 15) is 9.18 Å². The quantitative estimate of drug-likeness (QED) is 0.887. The Balaban J connectivity index is 2.08. The first-order valence-electron chi connectivity index (χ1n) is 6.98. The number of benzene rings is 1. The Kier molecular flexibility index (Phi) is 5.03. The van der Waals surface area contributed by atoms with Crippen molar-refractivity contribution in [2.24, 2.45) is 0 Å². The van der Waals surface area contributed by atoms with Gasteiger partial charge in [-0.2, -0.15) is 0 Å². The molecule has 0 saturated heterocycles. The molecule has 0 radical (unpaired) electrons. The molecule has 1 heterocycles. The van der Waals surface area contributed by atoms with Crippen molar-refractivity contribution >= 4 is 5.91 Å². The minimum atomic E-state index is -0.355. The number of nitrogens with one attached hydrogen (secondary N) is 1. The van der Waals surface area contributed by atoms with Crippen molar-refractivity contribution < 1.29 is 9.18 Å². The highest BCUT2D eigenvalue weighted by Crippen LogP contribution is 2.10. The van der Waals surface area contributed by atoms with Crippen molar-refractivity contribution in [3.8, 4) is 5.69 Å². The van der Waals surface area contributed by atoms with Gasteiger partial charge in [-0.25, -0.2) is 4.68 Å². The summed E-state index contributed by atoms with van der Waals surface area (Å²) in [5, 5.41) is 10.8. The molecular weight excluding hydrogens is 270 g/mol. The maximum atomic E-state index is 12.1. The van der Waals surface area contributed by atoms with Gasteiger partial charge < -0.3 is 5.32 Å². The summed E-state index contributed by atoms with van der Waals surface area (Å²) in [6.07, 6.45) is 2.80. The second-order valence-corrected chi connectivity index (χ2v) is 5.12. The van der Waals surface area contributed by atoms with Gasteiger partial charge >= 0.3 is 0 Å². The van der Waals surface area contributed by atoms with E-state index in [1.165, 1.54) is 0 Å². The first kappa shape index (κ1) is 15.2. The van der Waals surface area contributed by atoms with Crippen LogP contribution in [0.15, 0.2) is 30.5 Å². The third-order valence-corrected chi connectivity index (χ3v) is 2.92. The zero-order valence-electron chi connectivity index (χ0n) is 12.2. The lowest BCUT2D eigenvalue weighted by molar-refractivity contribution is 0.0943. The molecule has 2 aromatic rings. The molecule has 21 heavy (non-hydrogen) atoms. The molecule has 6 heteroatoms. The summed E-state index contributed by atoms with van der Waals surface area (Å²) in [6.45, 7) is 3.48. The summed E-state index contributed by atoms with van der Waals surface area (Å²) < 4.78 is 13.7. The van der Waals surface area contributed by atoms with E-state index in [0.29, 0.717) is 18.4 Å². The smallest absolute Gasteiger partial charge is 0.251 e. The Morgan fingerprint density at radius 1 is 1.33 bits per heavy atom. The molecule has 5 nitrogen and oxygen atoms in total. The molecule has 2 rings (SSSR count). The third kappa shape index (κ3) is 4.11. The molecule has 0 aliphatic rings. The van der Waals surface area contributed by atoms with Crippen LogP contribution in [0.2, 0.25) is 0 Å². The van der Waals surface area contributed by atoms with Crippen LogP contribution < -0.4 is 5.32 Å². The van der Waals surface area contributed by atoms with Gasteiger partial charge in [-0.15, -0.1) is 5.10 Å². The molecule has 1 N–H and O–H groups in total. The lowest BCUT2D eigenvalue weighted by Crippen LogP contribution is -2.29. The summed E-state index contributed by atoms with van der Waals surface area (Å²) in [4.78, 5) is 11.8. The molecule has 0 aliphatic carbocycles. The fourth-order valence-electron chi connectivity index (χ4n) is 1.90. The summed E-state index contributed by atoms with van der Waals surface area (Å²) >= 11 is 0. The van der Waals surface area contributed by atoms with Crippen molar-refractivity contribution in [2.75, 3.05) is 6.67 Å². The average Bonchev–Trinajstić information content (AvgIpc) is 2.93. The van der Waals surface area contributed by atoms with Crippen LogP contribution in [0, 0.1) is 0 Å². The van der Waals surface area contributed by atoms with Crippen LogP contribution in [0.5, 0.6) is 0 Å². The van der Waals surface area contributed by atoms with Crippen LogP contribution in [-0.2, 0) is 6.42 Å². The topological polar surface area (TPSA) is 59.8 Å². The Labute approximate surface area is 123 Å². The van der Waals surface area contributed by atoms with E-state index in [2.05, 4.69) is 15.6 Å². The van der Waals surface area contributed by atoms with E-state index in [-0.39, 0.29) is 18.6 Å². The van der Waals surface area contributed by atoms with Gasteiger partial charge in [0.25, 0.3) is 5.91 Å². The lowest BCUT2D eigenvalue weighted by atomic mass is 10.2. The maximum Gasteiger partial charge on any atom is 0.251 e. The monoisotopic (exact) mass is 289 g/mol. The number of amides is 1. The standard InChI is InChI=1S/C15H19FN4O/c1-11(2)17-15(21)12-5-7-14(8-6-12)20-10-13(18-19-20)4-3-9-16/h5-8,10-11H,3-4,9H2,1-2H3,(H,17,21)/i16-1. The SMILES string of the molecule is CC(C)NC(=O)c1ccc(-n2cc(CCC[18F])nn2)cc1. The Hall–Kier alpha value is -2.24. The number of hydrogen-bond donors (Lipinski definition) is 1. The van der Waals surface area contributed by atoms with Crippen LogP contribution >= 0.6 is 0 Å². The van der Waals surface area contributed by atoms with E-state index in [0.717, 1.165) is 11.4 Å². The molecule has 1 aromatic heterocycles. The maximum absolute atomic E-state index is 12.1. The fourth-order valence-corrected chi connectivity index (χ4v) is 1.90. The van der Waals surface area contributed by atoms with Crippen LogP contribution in [0.1, 0.15) is 36.3 Å². The summed E-state index contributed by atoms with van der Waals surface area (Å²) in [7, 11) is 0. The van der Waals surface area contributed by atoms with Crippen molar-refractivity contribution in [1.29, 1.82) is 0 Å². The minimum Gasteiger partial charge on any atom is -0.350 e. The molecular formula is C15H19FN4O. The molecule has 0 saturated carbocycles. The number of carbonyl (C=O) groups excluding carboxylic acids is 1. The van der Waals surface area contributed by atoms with E-state index in [1.807, 2.05) is 26.0 Å². The van der Waals surface area contributed by atoms with Gasteiger partial charge in [0.05, 0.1) is 24.3 Å². The highest BCUT2D eigenvalue weighted by molar-refractivity contribution is 5.94. The zero-order chi connectivity index (χ0) is 15.2. The largest absolute Gasteiger partial charge is 0.350 e. The van der Waals surface area contributed by atoms with Crippen molar-refractivity contribution in [2.45, 2.75) is 32.7 Å². The van der Waals surface area contributed by atoms with E-state index >= 15 is 0 Å². The number of alkyl halides is 1. The minimum absolute atomic E-state index is 0.0984. The van der Waals surface area contributed by atoms with Crippen molar-refractivity contribution in [1.82, 2.24) is 20.3 Å². The Morgan fingerprint density at radius 3 is 2.67 bits per heavy atom. The predicted octanol–water partition coefficient (Wildman–Crippen LogP) is 2.31. The van der Waals surface area contributed by atoms with Gasteiger partial charge in [0.2, 0.25) is 0 Å². The van der Waals surface area contributed by atoms with Crippen LogP contribution in [-0.4, -0.2) is 33.6 Å². The van der Waals surface area contributed by atoms with Gasteiger partial charge in [0.15, 0.2) is 0 Å². The second-order valence-electron chi connectivity index (χ2n) is 5.12. The van der Waals surface area contributed by atoms with Gasteiger partial charge in [-0.1, -0.05) is 5.21 Å². The Morgan fingerprint density at radius 2 is 2.05 bits per heavy atom. The molecule has 1 amide bonds. The van der Waals surface area contributed by atoms with Gasteiger partial charge in [0.1, 0.15) is 0 Å². The summed E-state index contributed by atoms with van der Waals surface area (Å²) in [5.41, 5.74) is 2.18. The number of aryl methyl sites for hydroxylation is 1. The third-order valence-electron chi connectivity index (χ3n) is 2.92. The molecule has 0 bridgehead atoms. The zero-order valence-corrected chi connectivity index (χ0v) is 12.2. The van der Waals surface area contributed by atoms with E-state index in [1.54, 1.807) is 23.0 Å². The number of aromatic nitrogens is 3. The summed E-state index contributed by atoms with van der Waals surface area (Å²) in [6, 6.07) is 7.21. The fraction of sp³-hybridized carbons (Fsp3) is 0.400. The number of rotatable bonds is 6. The van der Waals surface area contributed by atoms with Crippen LogP contribution in [0.3, 0.4) is 0 Å². The Bertz CT molecular complexity index is 592. The molecule has 0 aliphatic heterocycles. The normalized spacial score (nSPS) is 10.9.